The van der Waals surface area contributed by atoms with Crippen molar-refractivity contribution in [1.29, 1.82) is 0 Å². The molecule has 0 aliphatic heterocycles. The smallest absolute Gasteiger partial charge is 0.290 e. The van der Waals surface area contributed by atoms with Crippen molar-refractivity contribution in [2.24, 2.45) is 0 Å². The fourth-order valence-corrected chi connectivity index (χ4v) is 2.91. The van der Waals surface area contributed by atoms with Crippen LogP contribution < -0.4 is 0 Å². The Labute approximate surface area is 128 Å². The van der Waals surface area contributed by atoms with Crippen molar-refractivity contribution in [1.82, 2.24) is 4.90 Å². The Bertz CT molecular complexity index is 615. The van der Waals surface area contributed by atoms with Gasteiger partial charge in [-0.25, -0.2) is 0 Å². The first-order valence-electron chi connectivity index (χ1n) is 6.67. The van der Waals surface area contributed by atoms with E-state index in [2.05, 4.69) is 19.6 Å². The zero-order chi connectivity index (χ0) is 15.2. The van der Waals surface area contributed by atoms with Gasteiger partial charge in [0.1, 0.15) is 12.4 Å². The van der Waals surface area contributed by atoms with Crippen molar-refractivity contribution in [3.05, 3.63) is 58.2 Å². The molecule has 0 saturated carbocycles. The van der Waals surface area contributed by atoms with Crippen molar-refractivity contribution in [3.63, 3.8) is 0 Å². The molecule has 0 N–H and O–H groups in total. The van der Waals surface area contributed by atoms with Gasteiger partial charge in [0.2, 0.25) is 0 Å². The maximum Gasteiger partial charge on any atom is 0.290 e. The summed E-state index contributed by atoms with van der Waals surface area (Å²) >= 11 is 1.69. The van der Waals surface area contributed by atoms with Crippen LogP contribution in [0.15, 0.2) is 41.3 Å². The zero-order valence-electron chi connectivity index (χ0n) is 12.3. The summed E-state index contributed by atoms with van der Waals surface area (Å²) in [5, 5.41) is 0. The Kier molecular flexibility index (Phi) is 5.36. The van der Waals surface area contributed by atoms with Gasteiger partial charge in [-0.15, -0.1) is 17.9 Å². The molecule has 5 heteroatoms. The van der Waals surface area contributed by atoms with Gasteiger partial charge in [0.15, 0.2) is 5.76 Å². The molecule has 0 unspecified atom stereocenters. The van der Waals surface area contributed by atoms with Crippen molar-refractivity contribution in [2.75, 3.05) is 13.7 Å². The number of thiophene rings is 1. The van der Waals surface area contributed by atoms with Crippen LogP contribution in [-0.4, -0.2) is 24.5 Å². The molecule has 0 spiro atoms. The predicted octanol–water partition coefficient (Wildman–Crippen LogP) is 3.62. The lowest BCUT2D eigenvalue weighted by Crippen LogP contribution is -2.30. The lowest BCUT2D eigenvalue weighted by atomic mass is 10.3. The highest BCUT2D eigenvalue weighted by molar-refractivity contribution is 7.11. The Morgan fingerprint density at radius 2 is 2.24 bits per heavy atom. The Hall–Kier alpha value is -1.85. The third kappa shape index (κ3) is 4.06. The van der Waals surface area contributed by atoms with Gasteiger partial charge in [0, 0.05) is 23.4 Å². The summed E-state index contributed by atoms with van der Waals surface area (Å²) in [6, 6.07) is 7.55. The molecule has 0 saturated heterocycles. The maximum absolute atomic E-state index is 12.5. The van der Waals surface area contributed by atoms with Gasteiger partial charge in [-0.2, -0.15) is 0 Å². The monoisotopic (exact) mass is 305 g/mol. The first kappa shape index (κ1) is 15.5. The molecule has 0 radical (unpaired) electrons. The van der Waals surface area contributed by atoms with Crippen LogP contribution in [0.1, 0.15) is 26.1 Å². The summed E-state index contributed by atoms with van der Waals surface area (Å²) in [6.07, 6.45) is 1.72. The molecule has 0 aliphatic carbocycles. The van der Waals surface area contributed by atoms with E-state index in [0.717, 1.165) is 4.88 Å². The summed E-state index contributed by atoms with van der Waals surface area (Å²) < 4.78 is 10.5. The normalized spacial score (nSPS) is 10.6. The Morgan fingerprint density at radius 1 is 1.43 bits per heavy atom. The second-order valence-corrected chi connectivity index (χ2v) is 6.06. The Morgan fingerprint density at radius 3 is 2.86 bits per heavy atom. The van der Waals surface area contributed by atoms with Crippen molar-refractivity contribution >= 4 is 17.2 Å². The molecule has 2 aromatic rings. The third-order valence-corrected chi connectivity index (χ3v) is 3.92. The highest BCUT2D eigenvalue weighted by Gasteiger charge is 2.19. The quantitative estimate of drug-likeness (QED) is 0.734. The van der Waals surface area contributed by atoms with Crippen LogP contribution >= 0.6 is 11.3 Å². The largest absolute Gasteiger partial charge is 0.453 e. The van der Waals surface area contributed by atoms with E-state index in [1.807, 2.05) is 6.07 Å². The lowest BCUT2D eigenvalue weighted by Gasteiger charge is -2.19. The topological polar surface area (TPSA) is 42.7 Å². The average Bonchev–Trinajstić information content (AvgIpc) is 3.07. The van der Waals surface area contributed by atoms with E-state index in [1.165, 1.54) is 4.88 Å². The Balaban J connectivity index is 2.12. The molecular weight excluding hydrogens is 286 g/mol. The third-order valence-electron chi connectivity index (χ3n) is 2.94. The molecule has 2 rings (SSSR count). The number of rotatable bonds is 7. The molecule has 112 valence electrons. The van der Waals surface area contributed by atoms with Crippen molar-refractivity contribution in [2.45, 2.75) is 20.1 Å². The molecule has 0 aromatic carbocycles. The van der Waals surface area contributed by atoms with Gasteiger partial charge >= 0.3 is 0 Å². The van der Waals surface area contributed by atoms with Gasteiger partial charge in [0.05, 0.1) is 6.54 Å². The van der Waals surface area contributed by atoms with Crippen LogP contribution in [-0.2, 0) is 17.9 Å². The minimum Gasteiger partial charge on any atom is -0.453 e. The average molecular weight is 305 g/mol. The van der Waals surface area contributed by atoms with E-state index < -0.39 is 0 Å². The number of methoxy groups -OCH3 is 1. The molecular formula is C16H19NO3S. The van der Waals surface area contributed by atoms with Crippen LogP contribution in [0.4, 0.5) is 0 Å². The van der Waals surface area contributed by atoms with Gasteiger partial charge < -0.3 is 14.1 Å². The van der Waals surface area contributed by atoms with Gasteiger partial charge in [-0.1, -0.05) is 6.08 Å². The van der Waals surface area contributed by atoms with Crippen LogP contribution in [0, 0.1) is 6.92 Å². The highest BCUT2D eigenvalue weighted by Crippen LogP contribution is 2.19. The second kappa shape index (κ2) is 7.24. The number of hydrogen-bond acceptors (Lipinski definition) is 4. The molecule has 0 bridgehead atoms. The van der Waals surface area contributed by atoms with Crippen LogP contribution in [0.5, 0.6) is 0 Å². The van der Waals surface area contributed by atoms with Crippen molar-refractivity contribution < 1.29 is 13.9 Å². The maximum atomic E-state index is 12.5. The van der Waals surface area contributed by atoms with Gasteiger partial charge in [0.25, 0.3) is 5.91 Å². The van der Waals surface area contributed by atoms with E-state index in [1.54, 1.807) is 41.6 Å². The zero-order valence-corrected chi connectivity index (χ0v) is 13.1. The molecule has 0 atom stereocenters. The van der Waals surface area contributed by atoms with Crippen molar-refractivity contribution in [3.8, 4) is 0 Å². The van der Waals surface area contributed by atoms with Gasteiger partial charge in [-0.3, -0.25) is 4.79 Å². The highest BCUT2D eigenvalue weighted by atomic mass is 32.1. The fourth-order valence-electron chi connectivity index (χ4n) is 2.00. The van der Waals surface area contributed by atoms with E-state index >= 15 is 0 Å². The molecule has 21 heavy (non-hydrogen) atoms. The standard InChI is InChI=1S/C16H19NO3S/c1-4-9-17(10-14-7-5-12(2)21-14)16(18)15-8-6-13(20-15)11-19-3/h4-8H,1,9-11H2,2-3H3. The number of ether oxygens (including phenoxy) is 1. The summed E-state index contributed by atoms with van der Waals surface area (Å²) in [6.45, 7) is 7.17. The molecule has 0 aliphatic rings. The number of hydrogen-bond donors (Lipinski definition) is 0. The predicted molar refractivity (Wildman–Crippen MR) is 83.4 cm³/mol. The SMILES string of the molecule is C=CCN(Cc1ccc(C)s1)C(=O)c1ccc(COC)o1. The minimum atomic E-state index is -0.136. The number of aryl methyl sites for hydroxylation is 1. The number of furan rings is 1. The van der Waals surface area contributed by atoms with E-state index in [0.29, 0.717) is 31.2 Å². The van der Waals surface area contributed by atoms with E-state index in [-0.39, 0.29) is 5.91 Å². The van der Waals surface area contributed by atoms with Crippen LogP contribution in [0.3, 0.4) is 0 Å². The molecule has 2 aromatic heterocycles. The summed E-state index contributed by atoms with van der Waals surface area (Å²) in [7, 11) is 1.59. The minimum absolute atomic E-state index is 0.136. The summed E-state index contributed by atoms with van der Waals surface area (Å²) in [5.74, 6) is 0.840. The second-order valence-electron chi connectivity index (χ2n) is 4.69. The molecule has 1 amide bonds. The number of carbonyl (C=O) groups excluding carboxylic acids is 1. The first-order chi connectivity index (χ1) is 10.1. The van der Waals surface area contributed by atoms with Crippen LogP contribution in [0.25, 0.3) is 0 Å². The number of carbonyl (C=O) groups is 1. The summed E-state index contributed by atoms with van der Waals surface area (Å²) in [4.78, 5) is 16.6. The number of nitrogens with zero attached hydrogens (tertiary/aromatic N) is 1. The van der Waals surface area contributed by atoms with Gasteiger partial charge in [-0.05, 0) is 31.2 Å². The first-order valence-corrected chi connectivity index (χ1v) is 7.49. The summed E-state index contributed by atoms with van der Waals surface area (Å²) in [5.41, 5.74) is 0. The van der Waals surface area contributed by atoms with E-state index in [9.17, 15) is 4.79 Å². The van der Waals surface area contributed by atoms with E-state index in [4.69, 9.17) is 9.15 Å². The fraction of sp³-hybridized carbons (Fsp3) is 0.312. The molecule has 4 nitrogen and oxygen atoms in total. The molecule has 2 heterocycles. The number of amides is 1. The molecule has 0 fully saturated rings. The van der Waals surface area contributed by atoms with Crippen LogP contribution in [0.2, 0.25) is 0 Å². The lowest BCUT2D eigenvalue weighted by molar-refractivity contribution is 0.0724.